The molecule has 0 unspecified atom stereocenters. The predicted octanol–water partition coefficient (Wildman–Crippen LogP) is 6.97. The van der Waals surface area contributed by atoms with E-state index in [-0.39, 0.29) is 10.8 Å². The number of aromatic hydroxyl groups is 1. The average molecular weight is 373 g/mol. The Hall–Kier alpha value is -2.54. The van der Waals surface area contributed by atoms with Crippen LogP contribution in [0.15, 0.2) is 60.7 Å². The molecule has 3 aromatic rings. The fourth-order valence-electron chi connectivity index (χ4n) is 3.98. The number of phenolic OH excluding ortho intramolecular Hbond substituents is 1. The minimum Gasteiger partial charge on any atom is -0.507 e. The van der Waals surface area contributed by atoms with Crippen molar-refractivity contribution in [2.45, 2.75) is 59.3 Å². The molecule has 146 valence electrons. The molecule has 0 aliphatic carbocycles. The van der Waals surface area contributed by atoms with Gasteiger partial charge in [-0.1, -0.05) is 105 Å². The zero-order valence-electron chi connectivity index (χ0n) is 18.2. The van der Waals surface area contributed by atoms with Gasteiger partial charge in [0.2, 0.25) is 0 Å². The lowest BCUT2D eigenvalue weighted by molar-refractivity contribution is 0.433. The monoisotopic (exact) mass is 372 g/mol. The molecule has 0 spiro atoms. The van der Waals surface area contributed by atoms with Crippen molar-refractivity contribution in [1.82, 2.24) is 0 Å². The Bertz CT molecular complexity index is 895. The van der Waals surface area contributed by atoms with E-state index >= 15 is 0 Å². The summed E-state index contributed by atoms with van der Waals surface area (Å²) in [5.41, 5.74) is 7.45. The van der Waals surface area contributed by atoms with Gasteiger partial charge in [0.1, 0.15) is 5.75 Å². The van der Waals surface area contributed by atoms with Crippen molar-refractivity contribution in [3.05, 3.63) is 99.6 Å². The lowest BCUT2D eigenvalue weighted by Crippen LogP contribution is -2.24. The van der Waals surface area contributed by atoms with Gasteiger partial charge in [-0.2, -0.15) is 0 Å². The summed E-state index contributed by atoms with van der Waals surface area (Å²) in [5, 5.41) is 11.4. The molecular formula is C27H32O. The summed E-state index contributed by atoms with van der Waals surface area (Å²) >= 11 is 0. The van der Waals surface area contributed by atoms with Crippen LogP contribution in [0.5, 0.6) is 5.75 Å². The molecule has 0 bridgehead atoms. The fraction of sp³-hybridized carbons (Fsp3) is 0.333. The van der Waals surface area contributed by atoms with Gasteiger partial charge in [-0.25, -0.2) is 0 Å². The highest BCUT2D eigenvalue weighted by molar-refractivity contribution is 5.56. The van der Waals surface area contributed by atoms with Crippen molar-refractivity contribution in [3.8, 4) is 5.75 Å². The van der Waals surface area contributed by atoms with Crippen LogP contribution in [-0.4, -0.2) is 5.11 Å². The molecule has 0 aliphatic heterocycles. The molecule has 1 nitrogen and oxygen atoms in total. The maximum atomic E-state index is 11.4. The zero-order valence-corrected chi connectivity index (χ0v) is 18.2. The van der Waals surface area contributed by atoms with Gasteiger partial charge in [0.25, 0.3) is 0 Å². The number of hydrogen-bond donors (Lipinski definition) is 1. The SMILES string of the molecule is Cc1ccc(C(C)(C)c2cc(C)cc(C(C)(C)c3ccc(C)cc3)c2O)cc1. The second-order valence-electron chi connectivity index (χ2n) is 9.19. The van der Waals surface area contributed by atoms with Gasteiger partial charge in [-0.3, -0.25) is 0 Å². The molecule has 1 heteroatoms. The number of phenols is 1. The van der Waals surface area contributed by atoms with E-state index in [0.29, 0.717) is 5.75 Å². The summed E-state index contributed by atoms with van der Waals surface area (Å²) in [7, 11) is 0. The highest BCUT2D eigenvalue weighted by Gasteiger charge is 2.33. The highest BCUT2D eigenvalue weighted by Crippen LogP contribution is 2.44. The van der Waals surface area contributed by atoms with Crippen molar-refractivity contribution < 1.29 is 5.11 Å². The van der Waals surface area contributed by atoms with E-state index in [9.17, 15) is 5.11 Å². The third-order valence-corrected chi connectivity index (χ3v) is 6.15. The maximum Gasteiger partial charge on any atom is 0.123 e. The van der Waals surface area contributed by atoms with Crippen molar-refractivity contribution >= 4 is 0 Å². The predicted molar refractivity (Wildman–Crippen MR) is 119 cm³/mol. The van der Waals surface area contributed by atoms with E-state index in [1.54, 1.807) is 0 Å². The first-order valence-electron chi connectivity index (χ1n) is 10.0. The summed E-state index contributed by atoms with van der Waals surface area (Å²) in [4.78, 5) is 0. The van der Waals surface area contributed by atoms with Crippen LogP contribution in [0.2, 0.25) is 0 Å². The lowest BCUT2D eigenvalue weighted by atomic mass is 9.71. The van der Waals surface area contributed by atoms with Crippen molar-refractivity contribution in [1.29, 1.82) is 0 Å². The van der Waals surface area contributed by atoms with Gasteiger partial charge in [-0.05, 0) is 31.9 Å². The standard InChI is InChI=1S/C27H32O/c1-18-8-12-21(13-9-18)26(4,5)23-16-20(3)17-24(25(23)28)27(6,7)22-14-10-19(2)11-15-22/h8-17,28H,1-7H3. The number of rotatable bonds is 4. The van der Waals surface area contributed by atoms with E-state index in [2.05, 4.69) is 109 Å². The number of aryl methyl sites for hydroxylation is 3. The topological polar surface area (TPSA) is 20.2 Å². The van der Waals surface area contributed by atoms with Gasteiger partial charge in [0, 0.05) is 22.0 Å². The van der Waals surface area contributed by atoms with Crippen LogP contribution in [0, 0.1) is 20.8 Å². The van der Waals surface area contributed by atoms with Gasteiger partial charge < -0.3 is 5.11 Å². The van der Waals surface area contributed by atoms with Crippen LogP contribution in [0.3, 0.4) is 0 Å². The Labute approximate surface area is 170 Å². The van der Waals surface area contributed by atoms with Crippen LogP contribution in [0.4, 0.5) is 0 Å². The Kier molecular flexibility index (Phi) is 5.14. The van der Waals surface area contributed by atoms with Crippen molar-refractivity contribution in [3.63, 3.8) is 0 Å². The molecule has 0 amide bonds. The van der Waals surface area contributed by atoms with Crippen LogP contribution >= 0.6 is 0 Å². The van der Waals surface area contributed by atoms with E-state index in [0.717, 1.165) is 11.1 Å². The Morgan fingerprint density at radius 2 is 0.857 bits per heavy atom. The summed E-state index contributed by atoms with van der Waals surface area (Å²) in [6, 6.07) is 21.5. The second-order valence-corrected chi connectivity index (χ2v) is 9.19. The van der Waals surface area contributed by atoms with Crippen molar-refractivity contribution in [2.75, 3.05) is 0 Å². The fourth-order valence-corrected chi connectivity index (χ4v) is 3.98. The van der Waals surface area contributed by atoms with Crippen LogP contribution in [-0.2, 0) is 10.8 Å². The molecule has 28 heavy (non-hydrogen) atoms. The first-order chi connectivity index (χ1) is 13.0. The smallest absolute Gasteiger partial charge is 0.123 e. The molecule has 0 heterocycles. The van der Waals surface area contributed by atoms with Crippen LogP contribution < -0.4 is 0 Å². The van der Waals surface area contributed by atoms with E-state index in [1.807, 2.05) is 0 Å². The molecule has 1 N–H and O–H groups in total. The molecule has 0 saturated carbocycles. The van der Waals surface area contributed by atoms with E-state index in [4.69, 9.17) is 0 Å². The van der Waals surface area contributed by atoms with Gasteiger partial charge in [0.15, 0.2) is 0 Å². The minimum atomic E-state index is -0.290. The molecule has 0 aromatic heterocycles. The molecule has 0 atom stereocenters. The summed E-state index contributed by atoms with van der Waals surface area (Å²) in [6.07, 6.45) is 0. The largest absolute Gasteiger partial charge is 0.507 e. The zero-order chi connectivity index (χ0) is 20.7. The Morgan fingerprint density at radius 3 is 1.18 bits per heavy atom. The molecule has 3 rings (SSSR count). The quantitative estimate of drug-likeness (QED) is 0.524. The second kappa shape index (κ2) is 7.13. The Morgan fingerprint density at radius 1 is 0.536 bits per heavy atom. The third-order valence-electron chi connectivity index (χ3n) is 6.15. The molecular weight excluding hydrogens is 340 g/mol. The first-order valence-corrected chi connectivity index (χ1v) is 10.0. The van der Waals surface area contributed by atoms with Crippen LogP contribution in [0.25, 0.3) is 0 Å². The third kappa shape index (κ3) is 3.58. The first kappa shape index (κ1) is 20.2. The normalized spacial score (nSPS) is 12.2. The highest BCUT2D eigenvalue weighted by atomic mass is 16.3. The van der Waals surface area contributed by atoms with Gasteiger partial charge >= 0.3 is 0 Å². The average Bonchev–Trinajstić information content (AvgIpc) is 2.64. The van der Waals surface area contributed by atoms with Gasteiger partial charge in [-0.15, -0.1) is 0 Å². The van der Waals surface area contributed by atoms with Crippen molar-refractivity contribution in [2.24, 2.45) is 0 Å². The molecule has 0 saturated heterocycles. The molecule has 3 aromatic carbocycles. The van der Waals surface area contributed by atoms with E-state index < -0.39 is 0 Å². The van der Waals surface area contributed by atoms with E-state index in [1.165, 1.54) is 27.8 Å². The maximum absolute atomic E-state index is 11.4. The lowest BCUT2D eigenvalue weighted by Gasteiger charge is -2.33. The number of hydrogen-bond acceptors (Lipinski definition) is 1. The summed E-state index contributed by atoms with van der Waals surface area (Å²) in [6.45, 7) is 15.1. The van der Waals surface area contributed by atoms with Gasteiger partial charge in [0.05, 0.1) is 0 Å². The Balaban J connectivity index is 2.17. The minimum absolute atomic E-state index is 0.290. The molecule has 0 fully saturated rings. The summed E-state index contributed by atoms with van der Waals surface area (Å²) in [5.74, 6) is 0.404. The molecule has 0 radical (unpaired) electrons. The summed E-state index contributed by atoms with van der Waals surface area (Å²) < 4.78 is 0. The van der Waals surface area contributed by atoms with Crippen LogP contribution in [0.1, 0.15) is 66.6 Å². The number of benzene rings is 3. The molecule has 0 aliphatic rings.